The van der Waals surface area contributed by atoms with E-state index in [-0.39, 0.29) is 5.91 Å². The summed E-state index contributed by atoms with van der Waals surface area (Å²) in [5.41, 5.74) is 1.90. The Morgan fingerprint density at radius 2 is 1.96 bits per heavy atom. The Hall–Kier alpha value is -2.28. The van der Waals surface area contributed by atoms with Gasteiger partial charge in [0.15, 0.2) is 5.13 Å². The monoisotopic (exact) mass is 361 g/mol. The first-order valence-corrected chi connectivity index (χ1v) is 9.14. The number of nitrogens with zero attached hydrogens (tertiary/aromatic N) is 3. The van der Waals surface area contributed by atoms with Crippen molar-refractivity contribution in [3.05, 3.63) is 34.8 Å². The van der Waals surface area contributed by atoms with Crippen LogP contribution in [0.1, 0.15) is 11.3 Å². The number of methoxy groups -OCH3 is 2. The first-order chi connectivity index (χ1) is 12.1. The maximum atomic E-state index is 12.7. The number of amides is 1. The molecule has 7 heteroatoms. The number of aryl methyl sites for hydroxylation is 1. The van der Waals surface area contributed by atoms with Crippen molar-refractivity contribution in [2.45, 2.75) is 13.3 Å². The third-order valence-corrected chi connectivity index (χ3v) is 5.36. The van der Waals surface area contributed by atoms with Crippen LogP contribution in [0.5, 0.6) is 11.5 Å². The van der Waals surface area contributed by atoms with Crippen molar-refractivity contribution in [2.75, 3.05) is 45.3 Å². The van der Waals surface area contributed by atoms with Crippen molar-refractivity contribution in [1.82, 2.24) is 9.88 Å². The van der Waals surface area contributed by atoms with Crippen LogP contribution in [0, 0.1) is 6.92 Å². The maximum Gasteiger partial charge on any atom is 0.227 e. The predicted molar refractivity (Wildman–Crippen MR) is 98.9 cm³/mol. The van der Waals surface area contributed by atoms with Gasteiger partial charge in [0.25, 0.3) is 0 Å². The van der Waals surface area contributed by atoms with E-state index < -0.39 is 0 Å². The number of ether oxygens (including phenoxy) is 2. The van der Waals surface area contributed by atoms with E-state index >= 15 is 0 Å². The highest BCUT2D eigenvalue weighted by molar-refractivity contribution is 7.13. The maximum absolute atomic E-state index is 12.7. The highest BCUT2D eigenvalue weighted by Gasteiger charge is 2.23. The number of thiazole rings is 1. The van der Waals surface area contributed by atoms with Crippen molar-refractivity contribution in [3.8, 4) is 11.5 Å². The second kappa shape index (κ2) is 7.74. The molecule has 1 aliphatic heterocycles. The molecule has 2 aromatic rings. The summed E-state index contributed by atoms with van der Waals surface area (Å²) in [5.74, 6) is 1.56. The zero-order valence-corrected chi connectivity index (χ0v) is 15.6. The van der Waals surface area contributed by atoms with Gasteiger partial charge in [0.1, 0.15) is 11.5 Å². The minimum absolute atomic E-state index is 0.113. The number of rotatable bonds is 5. The lowest BCUT2D eigenvalue weighted by Crippen LogP contribution is -2.49. The highest BCUT2D eigenvalue weighted by atomic mass is 32.1. The second-order valence-electron chi connectivity index (χ2n) is 5.99. The number of hydrogen-bond donors (Lipinski definition) is 0. The Bertz CT molecular complexity index is 739. The van der Waals surface area contributed by atoms with Crippen molar-refractivity contribution in [2.24, 2.45) is 0 Å². The topological polar surface area (TPSA) is 54.9 Å². The fraction of sp³-hybridized carbons (Fsp3) is 0.444. The van der Waals surface area contributed by atoms with E-state index in [1.807, 2.05) is 30.0 Å². The molecular formula is C18H23N3O3S. The summed E-state index contributed by atoms with van der Waals surface area (Å²) in [6.45, 7) is 5.05. The molecule has 0 bridgehead atoms. The van der Waals surface area contributed by atoms with E-state index in [4.69, 9.17) is 9.47 Å². The molecule has 1 fully saturated rings. The van der Waals surface area contributed by atoms with Gasteiger partial charge in [-0.1, -0.05) is 0 Å². The Morgan fingerprint density at radius 3 is 2.56 bits per heavy atom. The molecule has 0 spiro atoms. The van der Waals surface area contributed by atoms with E-state index in [9.17, 15) is 4.79 Å². The second-order valence-corrected chi connectivity index (χ2v) is 6.83. The number of aromatic nitrogens is 1. The average Bonchev–Trinajstić information content (AvgIpc) is 3.08. The SMILES string of the molecule is COc1ccc(OC)c(CC(=O)N2CCN(c3nc(C)cs3)CC2)c1. The van der Waals surface area contributed by atoms with Crippen LogP contribution in [0.2, 0.25) is 0 Å². The van der Waals surface area contributed by atoms with Crippen LogP contribution in [0.4, 0.5) is 5.13 Å². The molecule has 134 valence electrons. The van der Waals surface area contributed by atoms with Crippen molar-refractivity contribution >= 4 is 22.4 Å². The van der Waals surface area contributed by atoms with Crippen LogP contribution >= 0.6 is 11.3 Å². The number of benzene rings is 1. The minimum Gasteiger partial charge on any atom is -0.497 e. The molecule has 0 unspecified atom stereocenters. The number of carbonyl (C=O) groups is 1. The molecular weight excluding hydrogens is 338 g/mol. The smallest absolute Gasteiger partial charge is 0.227 e. The van der Waals surface area contributed by atoms with Gasteiger partial charge in [-0.25, -0.2) is 4.98 Å². The van der Waals surface area contributed by atoms with E-state index in [1.54, 1.807) is 25.6 Å². The van der Waals surface area contributed by atoms with Gasteiger partial charge in [-0.2, -0.15) is 0 Å². The molecule has 6 nitrogen and oxygen atoms in total. The van der Waals surface area contributed by atoms with Crippen molar-refractivity contribution in [3.63, 3.8) is 0 Å². The summed E-state index contributed by atoms with van der Waals surface area (Å²) in [4.78, 5) is 21.4. The lowest BCUT2D eigenvalue weighted by Gasteiger charge is -2.34. The summed E-state index contributed by atoms with van der Waals surface area (Å²) in [6.07, 6.45) is 0.316. The molecule has 1 aliphatic rings. The molecule has 0 saturated carbocycles. The van der Waals surface area contributed by atoms with Gasteiger partial charge >= 0.3 is 0 Å². The third-order valence-electron chi connectivity index (χ3n) is 4.34. The normalized spacial score (nSPS) is 14.5. The molecule has 0 N–H and O–H groups in total. The van der Waals surface area contributed by atoms with E-state index in [0.29, 0.717) is 25.3 Å². The van der Waals surface area contributed by atoms with E-state index in [2.05, 4.69) is 15.3 Å². The summed E-state index contributed by atoms with van der Waals surface area (Å²) < 4.78 is 10.6. The van der Waals surface area contributed by atoms with Gasteiger partial charge in [-0.3, -0.25) is 4.79 Å². The molecule has 0 radical (unpaired) electrons. The van der Waals surface area contributed by atoms with Gasteiger partial charge in [-0.05, 0) is 25.1 Å². The van der Waals surface area contributed by atoms with Crippen LogP contribution in [0.25, 0.3) is 0 Å². The summed E-state index contributed by atoms with van der Waals surface area (Å²) in [6, 6.07) is 5.54. The number of carbonyl (C=O) groups excluding carboxylic acids is 1. The zero-order valence-electron chi connectivity index (χ0n) is 14.8. The molecule has 0 atom stereocenters. The average molecular weight is 361 g/mol. The van der Waals surface area contributed by atoms with Crippen LogP contribution in [-0.4, -0.2) is 56.2 Å². The standard InChI is InChI=1S/C18H23N3O3S/c1-13-12-25-18(19-13)21-8-6-20(7-9-21)17(22)11-14-10-15(23-2)4-5-16(14)24-3/h4-5,10,12H,6-9,11H2,1-3H3. The van der Waals surface area contributed by atoms with Crippen LogP contribution in [0.15, 0.2) is 23.6 Å². The first-order valence-electron chi connectivity index (χ1n) is 8.26. The van der Waals surface area contributed by atoms with Crippen molar-refractivity contribution in [1.29, 1.82) is 0 Å². The van der Waals surface area contributed by atoms with Crippen LogP contribution in [0.3, 0.4) is 0 Å². The molecule has 25 heavy (non-hydrogen) atoms. The number of piperazine rings is 1. The van der Waals surface area contributed by atoms with Crippen LogP contribution in [-0.2, 0) is 11.2 Å². The first kappa shape index (κ1) is 17.5. The lowest BCUT2D eigenvalue weighted by atomic mass is 10.1. The highest BCUT2D eigenvalue weighted by Crippen LogP contribution is 2.25. The minimum atomic E-state index is 0.113. The van der Waals surface area contributed by atoms with E-state index in [1.165, 1.54) is 0 Å². The Morgan fingerprint density at radius 1 is 1.20 bits per heavy atom. The molecule has 1 aromatic heterocycles. The largest absolute Gasteiger partial charge is 0.497 e. The predicted octanol–water partition coefficient (Wildman–Crippen LogP) is 2.36. The molecule has 1 aromatic carbocycles. The van der Waals surface area contributed by atoms with Gasteiger partial charge in [0.2, 0.25) is 5.91 Å². The molecule has 3 rings (SSSR count). The third kappa shape index (κ3) is 4.04. The summed E-state index contributed by atoms with van der Waals surface area (Å²) in [7, 11) is 3.23. The lowest BCUT2D eigenvalue weighted by molar-refractivity contribution is -0.130. The zero-order chi connectivity index (χ0) is 17.8. The number of hydrogen-bond acceptors (Lipinski definition) is 6. The number of anilines is 1. The summed E-state index contributed by atoms with van der Waals surface area (Å²) in [5, 5.41) is 3.10. The van der Waals surface area contributed by atoms with Gasteiger partial charge in [0.05, 0.1) is 26.3 Å². The quantitative estimate of drug-likeness (QED) is 0.818. The van der Waals surface area contributed by atoms with Crippen LogP contribution < -0.4 is 14.4 Å². The van der Waals surface area contributed by atoms with Gasteiger partial charge < -0.3 is 19.3 Å². The molecule has 1 amide bonds. The molecule has 1 saturated heterocycles. The molecule has 0 aliphatic carbocycles. The fourth-order valence-electron chi connectivity index (χ4n) is 2.93. The Labute approximate surface area is 152 Å². The summed E-state index contributed by atoms with van der Waals surface area (Å²) >= 11 is 1.66. The Balaban J connectivity index is 1.61. The van der Waals surface area contributed by atoms with Gasteiger partial charge in [0, 0.05) is 37.1 Å². The molecule has 2 heterocycles. The Kier molecular flexibility index (Phi) is 5.43. The van der Waals surface area contributed by atoms with Crippen molar-refractivity contribution < 1.29 is 14.3 Å². The van der Waals surface area contributed by atoms with Gasteiger partial charge in [-0.15, -0.1) is 11.3 Å². The van der Waals surface area contributed by atoms with E-state index in [0.717, 1.165) is 35.2 Å². The fourth-order valence-corrected chi connectivity index (χ4v) is 3.79.